The van der Waals surface area contributed by atoms with Crippen LogP contribution in [-0.4, -0.2) is 30.7 Å². The van der Waals surface area contributed by atoms with Crippen LogP contribution in [0.5, 0.6) is 0 Å². The van der Waals surface area contributed by atoms with Crippen molar-refractivity contribution in [2.45, 2.75) is 36.4 Å². The molecule has 8 heteroatoms. The molecule has 29 heavy (non-hydrogen) atoms. The Labute approximate surface area is 176 Å². The summed E-state index contributed by atoms with van der Waals surface area (Å²) in [5, 5.41) is 10.2. The molecule has 0 aliphatic carbocycles. The average Bonchev–Trinajstić information content (AvgIpc) is 3.16. The van der Waals surface area contributed by atoms with Gasteiger partial charge in [0.25, 0.3) is 5.56 Å². The Morgan fingerprint density at radius 1 is 1.00 bits per heavy atom. The first kappa shape index (κ1) is 20.0. The summed E-state index contributed by atoms with van der Waals surface area (Å²) in [5.74, 6) is 2.06. The number of benzene rings is 2. The molecule has 2 heterocycles. The molecular weight excluding hydrogens is 407 g/mol. The van der Waals surface area contributed by atoms with Gasteiger partial charge in [-0.2, -0.15) is 0 Å². The number of aromatic nitrogens is 4. The third-order valence-electron chi connectivity index (χ3n) is 4.61. The molecule has 0 radical (unpaired) electrons. The fraction of sp³-hybridized carbons (Fsp3) is 0.286. The predicted octanol–water partition coefficient (Wildman–Crippen LogP) is 4.87. The van der Waals surface area contributed by atoms with Crippen molar-refractivity contribution in [1.82, 2.24) is 19.2 Å². The third kappa shape index (κ3) is 4.18. The molecule has 0 saturated carbocycles. The summed E-state index contributed by atoms with van der Waals surface area (Å²) in [6.45, 7) is 2.74. The van der Waals surface area contributed by atoms with Crippen molar-refractivity contribution in [3.05, 3.63) is 64.7 Å². The number of halogens is 1. The average molecular weight is 429 g/mol. The Morgan fingerprint density at radius 3 is 2.55 bits per heavy atom. The molecule has 0 aliphatic rings. The highest BCUT2D eigenvalue weighted by Crippen LogP contribution is 2.25. The molecule has 2 aromatic carbocycles. The van der Waals surface area contributed by atoms with E-state index in [1.165, 1.54) is 12.1 Å². The Balaban J connectivity index is 1.60. The molecule has 2 aromatic heterocycles. The maximum Gasteiger partial charge on any atom is 0.262 e. The molecule has 0 bridgehead atoms. The van der Waals surface area contributed by atoms with Crippen molar-refractivity contribution >= 4 is 40.2 Å². The molecule has 0 aliphatic heterocycles. The van der Waals surface area contributed by atoms with E-state index in [2.05, 4.69) is 17.1 Å². The maximum atomic E-state index is 13.0. The number of fused-ring (bicyclic) bond motifs is 3. The van der Waals surface area contributed by atoms with E-state index < -0.39 is 0 Å². The smallest absolute Gasteiger partial charge is 0.262 e. The van der Waals surface area contributed by atoms with Gasteiger partial charge < -0.3 is 0 Å². The van der Waals surface area contributed by atoms with E-state index in [1.54, 1.807) is 40.2 Å². The first-order chi connectivity index (χ1) is 14.2. The van der Waals surface area contributed by atoms with Crippen molar-refractivity contribution in [2.24, 2.45) is 0 Å². The van der Waals surface area contributed by atoms with Crippen molar-refractivity contribution in [3.63, 3.8) is 0 Å². The molecule has 0 N–H and O–H groups in total. The second-order valence-electron chi connectivity index (χ2n) is 6.60. The standard InChI is InChI=1S/C21H21FN4OS2/c1-2-3-12-25-19(27)17-6-4-5-7-18(17)26-20(25)23-24-21(26)29-14-13-28-16-10-8-15(22)9-11-16/h4-11H,2-3,12-14H2,1H3. The lowest BCUT2D eigenvalue weighted by Crippen LogP contribution is -2.23. The second-order valence-corrected chi connectivity index (χ2v) is 8.83. The molecular formula is C21H21FN4OS2. The minimum absolute atomic E-state index is 0.0163. The normalized spacial score (nSPS) is 11.5. The van der Waals surface area contributed by atoms with Crippen LogP contribution in [0.4, 0.5) is 4.39 Å². The highest BCUT2D eigenvalue weighted by molar-refractivity contribution is 8.02. The minimum atomic E-state index is -0.223. The fourth-order valence-electron chi connectivity index (χ4n) is 3.17. The number of rotatable bonds is 8. The fourth-order valence-corrected chi connectivity index (χ4v) is 4.99. The van der Waals surface area contributed by atoms with Gasteiger partial charge in [-0.3, -0.25) is 13.8 Å². The summed E-state index contributed by atoms with van der Waals surface area (Å²) >= 11 is 3.29. The first-order valence-corrected chi connectivity index (χ1v) is 11.5. The Bertz CT molecular complexity index is 1190. The third-order valence-corrected chi connectivity index (χ3v) is 6.81. The van der Waals surface area contributed by atoms with Crippen LogP contribution in [0.1, 0.15) is 19.8 Å². The van der Waals surface area contributed by atoms with E-state index in [0.717, 1.165) is 39.9 Å². The SMILES string of the molecule is CCCCn1c(=O)c2ccccc2n2c(SCCSc3ccc(F)cc3)nnc12. The van der Waals surface area contributed by atoms with Crippen molar-refractivity contribution in [1.29, 1.82) is 0 Å². The van der Waals surface area contributed by atoms with Crippen LogP contribution < -0.4 is 5.56 Å². The lowest BCUT2D eigenvalue weighted by molar-refractivity contribution is 0.620. The van der Waals surface area contributed by atoms with Crippen molar-refractivity contribution in [3.8, 4) is 0 Å². The summed E-state index contributed by atoms with van der Waals surface area (Å²) in [7, 11) is 0. The van der Waals surface area contributed by atoms with Gasteiger partial charge in [0, 0.05) is 22.9 Å². The molecule has 0 unspecified atom stereocenters. The Hall–Kier alpha value is -2.32. The molecule has 0 atom stereocenters. The number of thioether (sulfide) groups is 2. The summed E-state index contributed by atoms with van der Waals surface area (Å²) in [5.41, 5.74) is 0.816. The molecule has 4 aromatic rings. The van der Waals surface area contributed by atoms with Crippen molar-refractivity contribution in [2.75, 3.05) is 11.5 Å². The molecule has 0 amide bonds. The monoisotopic (exact) mass is 428 g/mol. The van der Waals surface area contributed by atoms with Crippen LogP contribution in [0.25, 0.3) is 16.7 Å². The molecule has 150 valence electrons. The summed E-state index contributed by atoms with van der Waals surface area (Å²) in [6, 6.07) is 14.1. The van der Waals surface area contributed by atoms with E-state index in [0.29, 0.717) is 17.7 Å². The van der Waals surface area contributed by atoms with Gasteiger partial charge in [0.2, 0.25) is 5.78 Å². The lowest BCUT2D eigenvalue weighted by atomic mass is 10.2. The van der Waals surface area contributed by atoms with Gasteiger partial charge in [-0.05, 0) is 42.8 Å². The van der Waals surface area contributed by atoms with Gasteiger partial charge in [0.1, 0.15) is 5.82 Å². The summed E-state index contributed by atoms with van der Waals surface area (Å²) in [4.78, 5) is 14.0. The highest BCUT2D eigenvalue weighted by atomic mass is 32.2. The molecule has 0 saturated heterocycles. The molecule has 4 rings (SSSR count). The maximum absolute atomic E-state index is 13.0. The number of unbranched alkanes of at least 4 members (excludes halogenated alkanes) is 1. The lowest BCUT2D eigenvalue weighted by Gasteiger charge is -2.10. The Kier molecular flexibility index (Phi) is 6.20. The van der Waals surface area contributed by atoms with Crippen molar-refractivity contribution < 1.29 is 4.39 Å². The number of hydrogen-bond acceptors (Lipinski definition) is 5. The number of nitrogens with zero attached hydrogens (tertiary/aromatic N) is 4. The second kappa shape index (κ2) is 9.00. The topological polar surface area (TPSA) is 52.2 Å². The molecule has 0 spiro atoms. The van der Waals surface area contributed by atoms with Gasteiger partial charge in [-0.15, -0.1) is 22.0 Å². The van der Waals surface area contributed by atoms with E-state index in [1.807, 2.05) is 28.7 Å². The zero-order valence-electron chi connectivity index (χ0n) is 16.0. The van der Waals surface area contributed by atoms with E-state index >= 15 is 0 Å². The van der Waals surface area contributed by atoms with Crippen LogP contribution in [-0.2, 0) is 6.54 Å². The molecule has 0 fully saturated rings. The largest absolute Gasteiger partial charge is 0.276 e. The van der Waals surface area contributed by atoms with Gasteiger partial charge in [-0.1, -0.05) is 37.2 Å². The summed E-state index contributed by atoms with van der Waals surface area (Å²) < 4.78 is 16.7. The van der Waals surface area contributed by atoms with Gasteiger partial charge in [0.05, 0.1) is 10.9 Å². The van der Waals surface area contributed by atoms with Crippen LogP contribution in [0.3, 0.4) is 0 Å². The quantitative estimate of drug-likeness (QED) is 0.296. The van der Waals surface area contributed by atoms with Crippen LogP contribution in [0.2, 0.25) is 0 Å². The van der Waals surface area contributed by atoms with Gasteiger partial charge in [0.15, 0.2) is 5.16 Å². The summed E-state index contributed by atoms with van der Waals surface area (Å²) in [6.07, 6.45) is 1.92. The first-order valence-electron chi connectivity index (χ1n) is 9.57. The van der Waals surface area contributed by atoms with Crippen LogP contribution in [0.15, 0.2) is 63.4 Å². The predicted molar refractivity (Wildman–Crippen MR) is 118 cm³/mol. The number of aryl methyl sites for hydroxylation is 1. The zero-order chi connectivity index (χ0) is 20.2. The van der Waals surface area contributed by atoms with E-state index in [4.69, 9.17) is 0 Å². The number of hydrogen-bond donors (Lipinski definition) is 0. The van der Waals surface area contributed by atoms with Gasteiger partial charge >= 0.3 is 0 Å². The van der Waals surface area contributed by atoms with E-state index in [-0.39, 0.29) is 11.4 Å². The zero-order valence-corrected chi connectivity index (χ0v) is 17.7. The number of para-hydroxylation sites is 1. The Morgan fingerprint density at radius 2 is 1.76 bits per heavy atom. The highest BCUT2D eigenvalue weighted by Gasteiger charge is 2.16. The van der Waals surface area contributed by atoms with Gasteiger partial charge in [-0.25, -0.2) is 4.39 Å². The minimum Gasteiger partial charge on any atom is -0.276 e. The van der Waals surface area contributed by atoms with E-state index in [9.17, 15) is 9.18 Å². The van der Waals surface area contributed by atoms with Crippen LogP contribution >= 0.6 is 23.5 Å². The molecule has 5 nitrogen and oxygen atoms in total. The van der Waals surface area contributed by atoms with Crippen LogP contribution in [0, 0.1) is 5.82 Å².